The summed E-state index contributed by atoms with van der Waals surface area (Å²) in [6.07, 6.45) is 0.810. The van der Waals surface area contributed by atoms with Gasteiger partial charge >= 0.3 is 5.97 Å². The Morgan fingerprint density at radius 1 is 1.35 bits per heavy atom. The molecule has 3 heteroatoms. The van der Waals surface area contributed by atoms with Crippen molar-refractivity contribution in [3.63, 3.8) is 0 Å². The number of nitrogens with one attached hydrogen (secondary N) is 1. The van der Waals surface area contributed by atoms with Gasteiger partial charge in [0.2, 0.25) is 0 Å². The number of benzene rings is 1. The average Bonchev–Trinajstić information content (AvgIpc) is 2.78. The van der Waals surface area contributed by atoms with E-state index in [0.717, 1.165) is 18.5 Å². The van der Waals surface area contributed by atoms with Gasteiger partial charge in [-0.25, -0.2) is 0 Å². The number of rotatable bonds is 3. The van der Waals surface area contributed by atoms with Crippen LogP contribution in [-0.4, -0.2) is 18.6 Å². The van der Waals surface area contributed by atoms with Gasteiger partial charge in [0.25, 0.3) is 0 Å². The van der Waals surface area contributed by atoms with E-state index in [9.17, 15) is 4.79 Å². The number of carbonyl (C=O) groups excluding carboxylic acids is 1. The predicted octanol–water partition coefficient (Wildman–Crippen LogP) is 2.29. The van der Waals surface area contributed by atoms with Gasteiger partial charge in [-0.05, 0) is 32.4 Å². The van der Waals surface area contributed by atoms with Crippen LogP contribution in [0.3, 0.4) is 0 Å². The molecule has 1 aromatic carbocycles. The van der Waals surface area contributed by atoms with Crippen molar-refractivity contribution in [2.75, 3.05) is 6.54 Å². The second-order valence-electron chi connectivity index (χ2n) is 4.72. The minimum absolute atomic E-state index is 0.0421. The third kappa shape index (κ3) is 2.86. The summed E-state index contributed by atoms with van der Waals surface area (Å²) in [5, 5.41) is 3.38. The van der Waals surface area contributed by atoms with Crippen molar-refractivity contribution < 1.29 is 9.53 Å². The van der Waals surface area contributed by atoms with E-state index >= 15 is 0 Å². The lowest BCUT2D eigenvalue weighted by Crippen LogP contribution is -2.26. The molecule has 92 valence electrons. The summed E-state index contributed by atoms with van der Waals surface area (Å²) in [4.78, 5) is 12.0. The number of esters is 1. The van der Waals surface area contributed by atoms with Gasteiger partial charge in [-0.1, -0.05) is 30.3 Å². The standard InChI is InChI=1S/C14H19NO2/c1-10(2)17-14(16)12-8-9-15-13(12)11-6-4-3-5-7-11/h3-7,10,12-13,15H,8-9H2,1-2H3/t12-,13-/m1/s1. The first kappa shape index (κ1) is 12.1. The van der Waals surface area contributed by atoms with Gasteiger partial charge in [0.15, 0.2) is 0 Å². The molecule has 2 rings (SSSR count). The molecule has 0 unspecified atom stereocenters. The molecule has 0 aromatic heterocycles. The van der Waals surface area contributed by atoms with Gasteiger partial charge in [0, 0.05) is 6.04 Å². The maximum Gasteiger partial charge on any atom is 0.311 e. The molecule has 0 aliphatic carbocycles. The molecule has 2 atom stereocenters. The van der Waals surface area contributed by atoms with E-state index in [0.29, 0.717) is 0 Å². The fraction of sp³-hybridized carbons (Fsp3) is 0.500. The molecule has 17 heavy (non-hydrogen) atoms. The monoisotopic (exact) mass is 233 g/mol. The second-order valence-corrected chi connectivity index (χ2v) is 4.72. The van der Waals surface area contributed by atoms with Crippen LogP contribution in [0.1, 0.15) is 31.9 Å². The Kier molecular flexibility index (Phi) is 3.79. The van der Waals surface area contributed by atoms with Gasteiger partial charge in [0.05, 0.1) is 12.0 Å². The topological polar surface area (TPSA) is 38.3 Å². The molecule has 1 aliphatic rings. The van der Waals surface area contributed by atoms with E-state index < -0.39 is 0 Å². The quantitative estimate of drug-likeness (QED) is 0.814. The third-order valence-electron chi connectivity index (χ3n) is 3.04. The van der Waals surface area contributed by atoms with Crippen LogP contribution in [0.15, 0.2) is 30.3 Å². The molecule has 1 N–H and O–H groups in total. The number of hydrogen-bond acceptors (Lipinski definition) is 3. The minimum Gasteiger partial charge on any atom is -0.463 e. The summed E-state index contributed by atoms with van der Waals surface area (Å²) >= 11 is 0. The lowest BCUT2D eigenvalue weighted by molar-refractivity contribution is -0.152. The van der Waals surface area contributed by atoms with Crippen LogP contribution in [0.5, 0.6) is 0 Å². The molecule has 0 bridgehead atoms. The summed E-state index contributed by atoms with van der Waals surface area (Å²) in [5.74, 6) is -0.140. The predicted molar refractivity (Wildman–Crippen MR) is 66.5 cm³/mol. The molecule has 0 amide bonds. The average molecular weight is 233 g/mol. The highest BCUT2D eigenvalue weighted by atomic mass is 16.5. The minimum atomic E-state index is -0.0844. The Labute approximate surface area is 102 Å². The summed E-state index contributed by atoms with van der Waals surface area (Å²) in [6, 6.07) is 10.2. The zero-order chi connectivity index (χ0) is 12.3. The van der Waals surface area contributed by atoms with E-state index in [1.54, 1.807) is 0 Å². The smallest absolute Gasteiger partial charge is 0.311 e. The fourth-order valence-electron chi connectivity index (χ4n) is 2.29. The van der Waals surface area contributed by atoms with Gasteiger partial charge in [0.1, 0.15) is 0 Å². The Morgan fingerprint density at radius 2 is 2.06 bits per heavy atom. The lowest BCUT2D eigenvalue weighted by Gasteiger charge is -2.20. The number of hydrogen-bond donors (Lipinski definition) is 1. The molecule has 1 aliphatic heterocycles. The van der Waals surface area contributed by atoms with Gasteiger partial charge in [-0.2, -0.15) is 0 Å². The van der Waals surface area contributed by atoms with E-state index in [-0.39, 0.29) is 24.0 Å². The Bertz CT molecular complexity index is 375. The molecule has 3 nitrogen and oxygen atoms in total. The molecule has 0 saturated carbocycles. The van der Waals surface area contributed by atoms with Crippen LogP contribution in [0.2, 0.25) is 0 Å². The number of carbonyl (C=O) groups is 1. The van der Waals surface area contributed by atoms with Crippen LogP contribution in [-0.2, 0) is 9.53 Å². The van der Waals surface area contributed by atoms with Crippen molar-refractivity contribution >= 4 is 5.97 Å². The Morgan fingerprint density at radius 3 is 2.71 bits per heavy atom. The van der Waals surface area contributed by atoms with E-state index in [2.05, 4.69) is 17.4 Å². The first-order chi connectivity index (χ1) is 8.18. The summed E-state index contributed by atoms with van der Waals surface area (Å²) < 4.78 is 5.31. The van der Waals surface area contributed by atoms with E-state index in [1.807, 2.05) is 32.0 Å². The van der Waals surface area contributed by atoms with Crippen molar-refractivity contribution in [3.8, 4) is 0 Å². The molecule has 1 fully saturated rings. The lowest BCUT2D eigenvalue weighted by atomic mass is 9.94. The zero-order valence-corrected chi connectivity index (χ0v) is 10.3. The second kappa shape index (κ2) is 5.32. The largest absolute Gasteiger partial charge is 0.463 e. The van der Waals surface area contributed by atoms with Crippen LogP contribution < -0.4 is 5.32 Å². The maximum atomic E-state index is 12.0. The Balaban J connectivity index is 2.10. The van der Waals surface area contributed by atoms with Gasteiger partial charge < -0.3 is 10.1 Å². The van der Waals surface area contributed by atoms with Crippen molar-refractivity contribution in [1.29, 1.82) is 0 Å². The molecule has 0 spiro atoms. The van der Waals surface area contributed by atoms with Crippen molar-refractivity contribution in [2.45, 2.75) is 32.4 Å². The molecule has 1 saturated heterocycles. The molecular formula is C14H19NO2. The third-order valence-corrected chi connectivity index (χ3v) is 3.04. The van der Waals surface area contributed by atoms with Crippen LogP contribution in [0.25, 0.3) is 0 Å². The molecule has 1 heterocycles. The zero-order valence-electron chi connectivity index (χ0n) is 10.3. The first-order valence-electron chi connectivity index (χ1n) is 6.17. The van der Waals surface area contributed by atoms with E-state index in [1.165, 1.54) is 0 Å². The maximum absolute atomic E-state index is 12.0. The van der Waals surface area contributed by atoms with Gasteiger partial charge in [-0.15, -0.1) is 0 Å². The molecular weight excluding hydrogens is 214 g/mol. The van der Waals surface area contributed by atoms with E-state index in [4.69, 9.17) is 4.74 Å². The SMILES string of the molecule is CC(C)OC(=O)[C@@H]1CCN[C@@H]1c1ccccc1. The van der Waals surface area contributed by atoms with Crippen molar-refractivity contribution in [1.82, 2.24) is 5.32 Å². The van der Waals surface area contributed by atoms with Crippen LogP contribution >= 0.6 is 0 Å². The number of ether oxygens (including phenoxy) is 1. The fourth-order valence-corrected chi connectivity index (χ4v) is 2.29. The summed E-state index contributed by atoms with van der Waals surface area (Å²) in [7, 11) is 0. The van der Waals surface area contributed by atoms with Crippen molar-refractivity contribution in [2.24, 2.45) is 5.92 Å². The van der Waals surface area contributed by atoms with Crippen LogP contribution in [0, 0.1) is 5.92 Å². The normalized spacial score (nSPS) is 23.9. The Hall–Kier alpha value is -1.35. The van der Waals surface area contributed by atoms with Crippen LogP contribution in [0.4, 0.5) is 0 Å². The highest BCUT2D eigenvalue weighted by Gasteiger charge is 2.35. The molecule has 0 radical (unpaired) electrons. The highest BCUT2D eigenvalue weighted by molar-refractivity contribution is 5.74. The summed E-state index contributed by atoms with van der Waals surface area (Å²) in [6.45, 7) is 4.65. The summed E-state index contributed by atoms with van der Waals surface area (Å²) in [5.41, 5.74) is 1.16. The highest BCUT2D eigenvalue weighted by Crippen LogP contribution is 2.30. The molecule has 1 aromatic rings. The van der Waals surface area contributed by atoms with Gasteiger partial charge in [-0.3, -0.25) is 4.79 Å². The first-order valence-corrected chi connectivity index (χ1v) is 6.17. The van der Waals surface area contributed by atoms with Crippen molar-refractivity contribution in [3.05, 3.63) is 35.9 Å².